The van der Waals surface area contributed by atoms with Gasteiger partial charge in [-0.15, -0.1) is 5.10 Å². The maximum absolute atomic E-state index is 10.8. The summed E-state index contributed by atoms with van der Waals surface area (Å²) in [6, 6.07) is 13.1. The third-order valence-electron chi connectivity index (χ3n) is 3.45. The molecule has 0 fully saturated rings. The monoisotopic (exact) mass is 338 g/mol. The summed E-state index contributed by atoms with van der Waals surface area (Å²) in [6.45, 7) is 0.609. The van der Waals surface area contributed by atoms with E-state index in [1.807, 2.05) is 0 Å². The van der Waals surface area contributed by atoms with Crippen LogP contribution in [0.2, 0.25) is 0 Å². The lowest BCUT2D eigenvalue weighted by Gasteiger charge is -2.03. The molecule has 2 aromatic carbocycles. The highest BCUT2D eigenvalue weighted by molar-refractivity contribution is 5.74. The van der Waals surface area contributed by atoms with Gasteiger partial charge in [-0.2, -0.15) is 0 Å². The van der Waals surface area contributed by atoms with E-state index in [4.69, 9.17) is 4.74 Å². The Bertz CT molecular complexity index is 890. The van der Waals surface area contributed by atoms with Gasteiger partial charge < -0.3 is 4.74 Å². The fourth-order valence-electron chi connectivity index (χ4n) is 2.24. The van der Waals surface area contributed by atoms with Crippen molar-refractivity contribution in [3.05, 3.63) is 81.7 Å². The SMILES string of the molecule is O=Cc1ccc(OCc2cn(Cc3cccc([N+](=O)[O-])c3)nn2)cc1. The summed E-state index contributed by atoms with van der Waals surface area (Å²) >= 11 is 0. The van der Waals surface area contributed by atoms with Gasteiger partial charge in [0.2, 0.25) is 0 Å². The summed E-state index contributed by atoms with van der Waals surface area (Å²) in [4.78, 5) is 21.0. The van der Waals surface area contributed by atoms with Gasteiger partial charge >= 0.3 is 0 Å². The highest BCUT2D eigenvalue weighted by Gasteiger charge is 2.07. The van der Waals surface area contributed by atoms with Gasteiger partial charge in [0.05, 0.1) is 17.7 Å². The second-order valence-electron chi connectivity index (χ2n) is 5.31. The molecule has 0 unspecified atom stereocenters. The van der Waals surface area contributed by atoms with Crippen LogP contribution < -0.4 is 4.74 Å². The molecule has 0 atom stereocenters. The first kappa shape index (κ1) is 16.3. The van der Waals surface area contributed by atoms with Crippen molar-refractivity contribution in [2.45, 2.75) is 13.2 Å². The molecule has 0 radical (unpaired) electrons. The first-order chi connectivity index (χ1) is 12.1. The Morgan fingerprint density at radius 3 is 2.72 bits per heavy atom. The molecule has 0 saturated heterocycles. The van der Waals surface area contributed by atoms with E-state index in [-0.39, 0.29) is 12.3 Å². The fourth-order valence-corrected chi connectivity index (χ4v) is 2.24. The van der Waals surface area contributed by atoms with E-state index >= 15 is 0 Å². The number of aromatic nitrogens is 3. The highest BCUT2D eigenvalue weighted by atomic mass is 16.6. The van der Waals surface area contributed by atoms with E-state index in [9.17, 15) is 14.9 Å². The molecule has 1 aromatic heterocycles. The average Bonchev–Trinajstić information content (AvgIpc) is 3.08. The number of hydrogen-bond donors (Lipinski definition) is 0. The van der Waals surface area contributed by atoms with Crippen molar-refractivity contribution in [2.24, 2.45) is 0 Å². The summed E-state index contributed by atoms with van der Waals surface area (Å²) in [5.41, 5.74) is 2.01. The summed E-state index contributed by atoms with van der Waals surface area (Å²) in [5, 5.41) is 18.8. The van der Waals surface area contributed by atoms with Crippen LogP contribution in [0.3, 0.4) is 0 Å². The van der Waals surface area contributed by atoms with Crippen LogP contribution in [0, 0.1) is 10.1 Å². The Morgan fingerprint density at radius 2 is 2.00 bits per heavy atom. The Kier molecular flexibility index (Phi) is 4.79. The summed E-state index contributed by atoms with van der Waals surface area (Å²) in [7, 11) is 0. The van der Waals surface area contributed by atoms with Gasteiger partial charge in [0.25, 0.3) is 5.69 Å². The van der Waals surface area contributed by atoms with E-state index < -0.39 is 4.92 Å². The molecule has 0 aliphatic heterocycles. The molecule has 0 spiro atoms. The molecule has 8 nitrogen and oxygen atoms in total. The predicted octanol–water partition coefficient (Wildman–Crippen LogP) is 2.63. The molecule has 8 heteroatoms. The van der Waals surface area contributed by atoms with Crippen LogP contribution in [0.4, 0.5) is 5.69 Å². The van der Waals surface area contributed by atoms with Crippen LogP contribution in [0.5, 0.6) is 5.75 Å². The second-order valence-corrected chi connectivity index (χ2v) is 5.31. The number of ether oxygens (including phenoxy) is 1. The Labute approximate surface area is 142 Å². The van der Waals surface area contributed by atoms with Gasteiger partial charge in [-0.05, 0) is 29.8 Å². The molecule has 0 N–H and O–H groups in total. The van der Waals surface area contributed by atoms with E-state index in [1.54, 1.807) is 47.3 Å². The Hall–Kier alpha value is -3.55. The molecule has 0 aliphatic rings. The molecule has 0 amide bonds. The summed E-state index contributed by atoms with van der Waals surface area (Å²) in [5.74, 6) is 0.624. The molecule has 1 heterocycles. The van der Waals surface area contributed by atoms with Crippen LogP contribution in [0.25, 0.3) is 0 Å². The lowest BCUT2D eigenvalue weighted by molar-refractivity contribution is -0.384. The van der Waals surface area contributed by atoms with Crippen molar-refractivity contribution < 1.29 is 14.5 Å². The average molecular weight is 338 g/mol. The van der Waals surface area contributed by atoms with Gasteiger partial charge in [-0.25, -0.2) is 4.68 Å². The van der Waals surface area contributed by atoms with Gasteiger partial charge in [-0.1, -0.05) is 17.3 Å². The number of aldehydes is 1. The number of carbonyl (C=O) groups is 1. The quantitative estimate of drug-likeness (QED) is 0.373. The number of hydrogen-bond acceptors (Lipinski definition) is 6. The first-order valence-electron chi connectivity index (χ1n) is 7.44. The lowest BCUT2D eigenvalue weighted by Crippen LogP contribution is -2.01. The van der Waals surface area contributed by atoms with Gasteiger partial charge in [-0.3, -0.25) is 14.9 Å². The third-order valence-corrected chi connectivity index (χ3v) is 3.45. The minimum Gasteiger partial charge on any atom is -0.487 e. The van der Waals surface area contributed by atoms with Crippen molar-refractivity contribution in [2.75, 3.05) is 0 Å². The molecular formula is C17H14N4O4. The van der Waals surface area contributed by atoms with Crippen LogP contribution in [0.15, 0.2) is 54.7 Å². The summed E-state index contributed by atoms with van der Waals surface area (Å²) < 4.78 is 7.18. The maximum atomic E-state index is 10.8. The van der Waals surface area contributed by atoms with E-state index in [2.05, 4.69) is 10.3 Å². The molecule has 0 bridgehead atoms. The maximum Gasteiger partial charge on any atom is 0.269 e. The summed E-state index contributed by atoms with van der Waals surface area (Å²) in [6.07, 6.45) is 2.49. The molecule has 25 heavy (non-hydrogen) atoms. The lowest BCUT2D eigenvalue weighted by atomic mass is 10.2. The zero-order valence-electron chi connectivity index (χ0n) is 13.1. The van der Waals surface area contributed by atoms with Crippen molar-refractivity contribution in [1.29, 1.82) is 0 Å². The minimum absolute atomic E-state index is 0.0416. The largest absolute Gasteiger partial charge is 0.487 e. The molecule has 0 aliphatic carbocycles. The van der Waals surface area contributed by atoms with E-state index in [0.717, 1.165) is 11.8 Å². The second kappa shape index (κ2) is 7.35. The highest BCUT2D eigenvalue weighted by Crippen LogP contribution is 2.15. The third kappa shape index (κ3) is 4.25. The topological polar surface area (TPSA) is 100 Å². The van der Waals surface area contributed by atoms with Crippen molar-refractivity contribution in [3.8, 4) is 5.75 Å². The number of carbonyl (C=O) groups excluding carboxylic acids is 1. The standard InChI is InChI=1S/C17H14N4O4/c22-11-13-4-6-17(7-5-13)25-12-15-10-20(19-18-15)9-14-2-1-3-16(8-14)21(23)24/h1-8,10-11H,9,12H2. The number of nitro benzene ring substituents is 1. The van der Waals surface area contributed by atoms with Gasteiger partial charge in [0.1, 0.15) is 24.3 Å². The Balaban J connectivity index is 1.61. The van der Waals surface area contributed by atoms with E-state index in [0.29, 0.717) is 23.6 Å². The number of benzene rings is 2. The minimum atomic E-state index is -0.431. The number of non-ortho nitro benzene ring substituents is 1. The molecular weight excluding hydrogens is 324 g/mol. The number of nitrogens with zero attached hydrogens (tertiary/aromatic N) is 4. The zero-order valence-corrected chi connectivity index (χ0v) is 13.1. The number of rotatable bonds is 7. The van der Waals surface area contributed by atoms with Crippen molar-refractivity contribution >= 4 is 12.0 Å². The molecule has 126 valence electrons. The molecule has 0 saturated carbocycles. The van der Waals surface area contributed by atoms with Crippen LogP contribution in [-0.4, -0.2) is 26.2 Å². The predicted molar refractivity (Wildman–Crippen MR) is 88.4 cm³/mol. The Morgan fingerprint density at radius 1 is 1.20 bits per heavy atom. The first-order valence-corrected chi connectivity index (χ1v) is 7.44. The van der Waals surface area contributed by atoms with Crippen molar-refractivity contribution in [3.63, 3.8) is 0 Å². The van der Waals surface area contributed by atoms with Crippen LogP contribution in [0.1, 0.15) is 21.6 Å². The van der Waals surface area contributed by atoms with E-state index in [1.165, 1.54) is 12.1 Å². The number of nitro groups is 1. The van der Waals surface area contributed by atoms with Crippen LogP contribution >= 0.6 is 0 Å². The van der Waals surface area contributed by atoms with Gasteiger partial charge in [0, 0.05) is 17.7 Å². The fraction of sp³-hybridized carbons (Fsp3) is 0.118. The zero-order chi connectivity index (χ0) is 17.6. The van der Waals surface area contributed by atoms with Gasteiger partial charge in [0.15, 0.2) is 0 Å². The smallest absolute Gasteiger partial charge is 0.269 e. The van der Waals surface area contributed by atoms with Crippen molar-refractivity contribution in [1.82, 2.24) is 15.0 Å². The molecule has 3 rings (SSSR count). The van der Waals surface area contributed by atoms with Crippen LogP contribution in [-0.2, 0) is 13.2 Å². The molecule has 3 aromatic rings. The normalized spacial score (nSPS) is 10.4.